The van der Waals surface area contributed by atoms with Crippen molar-refractivity contribution in [3.63, 3.8) is 0 Å². The van der Waals surface area contributed by atoms with E-state index in [1.54, 1.807) is 18.0 Å². The number of fused-ring (bicyclic) bond motifs is 2. The van der Waals surface area contributed by atoms with Crippen LogP contribution in [0.4, 0.5) is 0 Å². The number of hydrogen-bond acceptors (Lipinski definition) is 4. The Morgan fingerprint density at radius 1 is 1.07 bits per heavy atom. The van der Waals surface area contributed by atoms with Crippen LogP contribution >= 0.6 is 23.4 Å². The molecule has 4 heterocycles. The first kappa shape index (κ1) is 17.3. The molecule has 3 aromatic rings. The minimum Gasteiger partial charge on any atom is -0.336 e. The van der Waals surface area contributed by atoms with Crippen LogP contribution in [0.15, 0.2) is 71.0 Å². The molecule has 0 unspecified atom stereocenters. The summed E-state index contributed by atoms with van der Waals surface area (Å²) in [6.07, 6.45) is 5.71. The monoisotopic (exact) mass is 405 g/mol. The van der Waals surface area contributed by atoms with Gasteiger partial charge in [-0.3, -0.25) is 4.68 Å². The standard InChI is InChI=1S/C21H16ClN5S/c1-26-9-3-4-16-20(28-18-8-6-15(22)11-23-18)19(24-21(16)26)13-5-7-17-14(10-13)12-27(2)25-17/h3-12H,1-2H3. The summed E-state index contributed by atoms with van der Waals surface area (Å²) in [5, 5.41) is 7.07. The van der Waals surface area contributed by atoms with E-state index in [1.165, 1.54) is 0 Å². The lowest BCUT2D eigenvalue weighted by Gasteiger charge is -2.07. The summed E-state index contributed by atoms with van der Waals surface area (Å²) >= 11 is 7.61. The molecular formula is C21H16ClN5S. The van der Waals surface area contributed by atoms with Gasteiger partial charge < -0.3 is 4.57 Å². The van der Waals surface area contributed by atoms with Crippen LogP contribution in [0.25, 0.3) is 33.5 Å². The zero-order chi connectivity index (χ0) is 19.3. The predicted octanol–water partition coefficient (Wildman–Crippen LogP) is 5.28. The van der Waals surface area contributed by atoms with Gasteiger partial charge in [-0.2, -0.15) is 5.10 Å². The number of aromatic nitrogens is 5. The van der Waals surface area contributed by atoms with Crippen LogP contribution in [0, 0.1) is 0 Å². The van der Waals surface area contributed by atoms with Crippen molar-refractivity contribution in [2.45, 2.75) is 9.92 Å². The summed E-state index contributed by atoms with van der Waals surface area (Å²) in [6.45, 7) is 0. The Labute approximate surface area is 171 Å². The lowest BCUT2D eigenvalue weighted by atomic mass is 10.1. The lowest BCUT2D eigenvalue weighted by Crippen LogP contribution is -1.95. The third-order valence-electron chi connectivity index (χ3n) is 4.62. The van der Waals surface area contributed by atoms with Crippen molar-refractivity contribution in [3.05, 3.63) is 66.1 Å². The van der Waals surface area contributed by atoms with E-state index >= 15 is 0 Å². The fraction of sp³-hybridized carbons (Fsp3) is 0.0952. The second-order valence-corrected chi connectivity index (χ2v) is 8.11. The number of nitrogens with zero attached hydrogens (tertiary/aromatic N) is 5. The fourth-order valence-electron chi connectivity index (χ4n) is 3.33. The summed E-state index contributed by atoms with van der Waals surface area (Å²) < 4.78 is 3.87. The molecule has 7 heteroatoms. The number of rotatable bonds is 3. The maximum Gasteiger partial charge on any atom is 0.141 e. The number of pyridine rings is 2. The minimum absolute atomic E-state index is 0.628. The molecule has 1 aromatic carbocycles. The van der Waals surface area contributed by atoms with Crippen LogP contribution in [-0.4, -0.2) is 24.3 Å². The van der Waals surface area contributed by atoms with Crippen molar-refractivity contribution in [1.29, 1.82) is 0 Å². The van der Waals surface area contributed by atoms with Crippen LogP contribution in [0.3, 0.4) is 0 Å². The first-order valence-corrected chi connectivity index (χ1v) is 9.96. The lowest BCUT2D eigenvalue weighted by molar-refractivity contribution is 0.780. The van der Waals surface area contributed by atoms with Gasteiger partial charge in [-0.1, -0.05) is 29.4 Å². The molecule has 0 atom stereocenters. The minimum atomic E-state index is 0.628. The molecule has 138 valence electrons. The van der Waals surface area contributed by atoms with Gasteiger partial charge in [0.25, 0.3) is 0 Å². The van der Waals surface area contributed by atoms with Gasteiger partial charge in [0.1, 0.15) is 10.9 Å². The first-order chi connectivity index (χ1) is 13.6. The van der Waals surface area contributed by atoms with Crippen molar-refractivity contribution >= 4 is 34.3 Å². The molecule has 0 saturated heterocycles. The predicted molar refractivity (Wildman–Crippen MR) is 113 cm³/mol. The van der Waals surface area contributed by atoms with Gasteiger partial charge in [-0.15, -0.1) is 0 Å². The molecule has 2 aliphatic heterocycles. The van der Waals surface area contributed by atoms with Crippen LogP contribution < -0.4 is 0 Å². The van der Waals surface area contributed by atoms with E-state index in [2.05, 4.69) is 28.3 Å². The number of benzene rings is 1. The highest BCUT2D eigenvalue weighted by atomic mass is 35.5. The summed E-state index contributed by atoms with van der Waals surface area (Å²) in [5.74, 6) is 0.945. The molecule has 0 radical (unpaired) electrons. The molecule has 0 aliphatic carbocycles. The van der Waals surface area contributed by atoms with Crippen molar-refractivity contribution in [3.8, 4) is 22.6 Å². The van der Waals surface area contributed by atoms with E-state index in [0.717, 1.165) is 43.5 Å². The normalized spacial score (nSPS) is 11.5. The number of halogens is 1. The zero-order valence-corrected chi connectivity index (χ0v) is 16.9. The topological polar surface area (TPSA) is 48.5 Å². The van der Waals surface area contributed by atoms with Gasteiger partial charge in [-0.25, -0.2) is 9.97 Å². The molecule has 28 heavy (non-hydrogen) atoms. The fourth-order valence-corrected chi connectivity index (χ4v) is 4.42. The van der Waals surface area contributed by atoms with Crippen LogP contribution in [-0.2, 0) is 14.1 Å². The molecule has 0 amide bonds. The molecule has 2 aliphatic rings. The van der Waals surface area contributed by atoms with E-state index in [4.69, 9.17) is 16.6 Å². The second kappa shape index (κ2) is 6.65. The highest BCUT2D eigenvalue weighted by Crippen LogP contribution is 2.44. The maximum atomic E-state index is 6.00. The Kier molecular flexibility index (Phi) is 4.10. The molecule has 2 aromatic heterocycles. The van der Waals surface area contributed by atoms with Crippen molar-refractivity contribution in [1.82, 2.24) is 24.3 Å². The van der Waals surface area contributed by atoms with Gasteiger partial charge in [0.15, 0.2) is 0 Å². The van der Waals surface area contributed by atoms with E-state index in [9.17, 15) is 0 Å². The highest BCUT2D eigenvalue weighted by Gasteiger charge is 2.22. The molecule has 0 bridgehead atoms. The van der Waals surface area contributed by atoms with E-state index in [1.807, 2.05) is 60.0 Å². The van der Waals surface area contributed by atoms with Gasteiger partial charge in [0, 0.05) is 49.2 Å². The van der Waals surface area contributed by atoms with Crippen LogP contribution in [0.5, 0.6) is 0 Å². The van der Waals surface area contributed by atoms with Crippen molar-refractivity contribution in [2.24, 2.45) is 14.1 Å². The second-order valence-electron chi connectivity index (χ2n) is 6.64. The molecule has 0 saturated carbocycles. The first-order valence-electron chi connectivity index (χ1n) is 8.77. The average molecular weight is 406 g/mol. The van der Waals surface area contributed by atoms with Crippen LogP contribution in [0.1, 0.15) is 0 Å². The molecule has 0 N–H and O–H groups in total. The summed E-state index contributed by atoms with van der Waals surface area (Å²) in [5.41, 5.74) is 4.09. The SMILES string of the molecule is Cn1cc2cc(-c3nc4n(C)cccc-4c3Sc3ccc(Cl)cn3)ccc2n1. The number of hydrogen-bond donors (Lipinski definition) is 0. The largest absolute Gasteiger partial charge is 0.336 e. The molecular weight excluding hydrogens is 390 g/mol. The Morgan fingerprint density at radius 2 is 1.96 bits per heavy atom. The zero-order valence-electron chi connectivity index (χ0n) is 15.3. The number of aryl methyl sites for hydroxylation is 2. The molecule has 5 rings (SSSR count). The van der Waals surface area contributed by atoms with Gasteiger partial charge in [0.2, 0.25) is 0 Å². The van der Waals surface area contributed by atoms with Crippen molar-refractivity contribution in [2.75, 3.05) is 0 Å². The van der Waals surface area contributed by atoms with E-state index in [0.29, 0.717) is 5.02 Å². The summed E-state index contributed by atoms with van der Waals surface area (Å²) in [7, 11) is 3.95. The third-order valence-corrected chi connectivity index (χ3v) is 5.92. The molecule has 0 fully saturated rings. The molecule has 0 spiro atoms. The smallest absolute Gasteiger partial charge is 0.141 e. The molecule has 5 nitrogen and oxygen atoms in total. The van der Waals surface area contributed by atoms with Crippen LogP contribution in [0.2, 0.25) is 5.02 Å². The van der Waals surface area contributed by atoms with Gasteiger partial charge >= 0.3 is 0 Å². The summed E-state index contributed by atoms with van der Waals surface area (Å²) in [4.78, 5) is 10.5. The average Bonchev–Trinajstić information content (AvgIpc) is 3.23. The Balaban J connectivity index is 1.70. The Hall–Kier alpha value is -2.83. The van der Waals surface area contributed by atoms with E-state index < -0.39 is 0 Å². The van der Waals surface area contributed by atoms with Gasteiger partial charge in [0.05, 0.1) is 21.1 Å². The van der Waals surface area contributed by atoms with Crippen molar-refractivity contribution < 1.29 is 0 Å². The maximum absolute atomic E-state index is 6.00. The highest BCUT2D eigenvalue weighted by molar-refractivity contribution is 7.99. The third kappa shape index (κ3) is 2.95. The Morgan fingerprint density at radius 3 is 2.79 bits per heavy atom. The Bertz CT molecular complexity index is 1270. The van der Waals surface area contributed by atoms with E-state index in [-0.39, 0.29) is 0 Å². The summed E-state index contributed by atoms with van der Waals surface area (Å²) in [6, 6.07) is 14.2. The van der Waals surface area contributed by atoms with Gasteiger partial charge in [-0.05, 0) is 36.4 Å². The quantitative estimate of drug-likeness (QED) is 0.410.